The van der Waals surface area contributed by atoms with Crippen LogP contribution in [0.2, 0.25) is 0 Å². The number of nitrogens with zero attached hydrogens (tertiary/aromatic N) is 3. The molecule has 1 aromatic heterocycles. The third-order valence-electron chi connectivity index (χ3n) is 3.22. The molecule has 1 aromatic rings. The Bertz CT molecular complexity index is 571. The average Bonchev–Trinajstić information content (AvgIpc) is 2.66. The van der Waals surface area contributed by atoms with Crippen LogP contribution < -0.4 is 4.90 Å². The van der Waals surface area contributed by atoms with E-state index in [1.807, 2.05) is 0 Å². The molecule has 1 aliphatic rings. The quantitative estimate of drug-likeness (QED) is 0.830. The SMILES string of the molecule is CS(=O)(=O)C1CCCN(c2nc(C(F)(F)F)ns2)CC1. The number of sulfone groups is 1. The Balaban J connectivity index is 2.09. The van der Waals surface area contributed by atoms with Crippen LogP contribution in [0.25, 0.3) is 0 Å². The molecule has 20 heavy (non-hydrogen) atoms. The van der Waals surface area contributed by atoms with Crippen LogP contribution in [0, 0.1) is 0 Å². The molecule has 1 unspecified atom stereocenters. The molecule has 0 amide bonds. The minimum absolute atomic E-state index is 0.200. The Morgan fingerprint density at radius 1 is 1.30 bits per heavy atom. The maximum atomic E-state index is 12.5. The van der Waals surface area contributed by atoms with Crippen molar-refractivity contribution >= 4 is 26.5 Å². The standard InChI is InChI=1S/C10H14F3N3O2S2/c1-20(17,18)7-3-2-5-16(6-4-7)9-14-8(15-19-9)10(11,12)13/h7H,2-6H2,1H3. The van der Waals surface area contributed by atoms with Crippen molar-refractivity contribution in [3.8, 4) is 0 Å². The highest BCUT2D eigenvalue weighted by atomic mass is 32.2. The molecule has 0 N–H and O–H groups in total. The van der Waals surface area contributed by atoms with Gasteiger partial charge in [0, 0.05) is 30.9 Å². The van der Waals surface area contributed by atoms with E-state index in [0.29, 0.717) is 43.9 Å². The molecule has 0 radical (unpaired) electrons. The third kappa shape index (κ3) is 3.60. The molecule has 10 heteroatoms. The maximum Gasteiger partial charge on any atom is 0.452 e. The van der Waals surface area contributed by atoms with E-state index < -0.39 is 27.1 Å². The van der Waals surface area contributed by atoms with Crippen LogP contribution in [-0.2, 0) is 16.0 Å². The van der Waals surface area contributed by atoms with Gasteiger partial charge in [0.1, 0.15) is 9.84 Å². The molecular weight excluding hydrogens is 315 g/mol. The van der Waals surface area contributed by atoms with Crippen LogP contribution >= 0.6 is 11.5 Å². The van der Waals surface area contributed by atoms with Crippen molar-refractivity contribution in [3.63, 3.8) is 0 Å². The normalized spacial score (nSPS) is 21.8. The molecule has 2 heterocycles. The molecule has 0 aromatic carbocycles. The summed E-state index contributed by atoms with van der Waals surface area (Å²) in [5.74, 6) is -1.14. The summed E-state index contributed by atoms with van der Waals surface area (Å²) in [7, 11) is -3.11. The zero-order chi connectivity index (χ0) is 15.0. The number of alkyl halides is 3. The number of hydrogen-bond donors (Lipinski definition) is 0. The summed E-state index contributed by atoms with van der Waals surface area (Å²) in [6.07, 6.45) is -1.81. The largest absolute Gasteiger partial charge is 0.452 e. The highest BCUT2D eigenvalue weighted by Gasteiger charge is 2.37. The van der Waals surface area contributed by atoms with Crippen molar-refractivity contribution in [2.75, 3.05) is 24.2 Å². The fourth-order valence-electron chi connectivity index (χ4n) is 2.14. The van der Waals surface area contributed by atoms with Gasteiger partial charge < -0.3 is 4.90 Å². The van der Waals surface area contributed by atoms with Crippen molar-refractivity contribution < 1.29 is 21.6 Å². The van der Waals surface area contributed by atoms with Gasteiger partial charge in [-0.05, 0) is 19.3 Å². The van der Waals surface area contributed by atoms with E-state index in [-0.39, 0.29) is 5.13 Å². The fourth-order valence-corrected chi connectivity index (χ4v) is 4.01. The lowest BCUT2D eigenvalue weighted by Crippen LogP contribution is -2.26. The van der Waals surface area contributed by atoms with Gasteiger partial charge in [0.15, 0.2) is 0 Å². The summed E-state index contributed by atoms with van der Waals surface area (Å²) in [5, 5.41) is -0.228. The molecule has 1 atom stereocenters. The summed E-state index contributed by atoms with van der Waals surface area (Å²) >= 11 is 0.696. The van der Waals surface area contributed by atoms with Gasteiger partial charge in [0.25, 0.3) is 0 Å². The predicted octanol–water partition coefficient (Wildman–Crippen LogP) is 1.96. The van der Waals surface area contributed by atoms with E-state index in [1.165, 1.54) is 6.26 Å². The summed E-state index contributed by atoms with van der Waals surface area (Å²) in [5.41, 5.74) is 0. The molecule has 1 fully saturated rings. The minimum atomic E-state index is -4.55. The van der Waals surface area contributed by atoms with E-state index in [2.05, 4.69) is 9.36 Å². The Morgan fingerprint density at radius 2 is 2.00 bits per heavy atom. The third-order valence-corrected chi connectivity index (χ3v) is 5.68. The number of halogens is 3. The Morgan fingerprint density at radius 3 is 2.55 bits per heavy atom. The molecular formula is C10H14F3N3O2S2. The van der Waals surface area contributed by atoms with E-state index >= 15 is 0 Å². The first-order chi connectivity index (χ1) is 9.18. The lowest BCUT2D eigenvalue weighted by molar-refractivity contribution is -0.144. The summed E-state index contributed by atoms with van der Waals surface area (Å²) in [6, 6.07) is 0. The lowest BCUT2D eigenvalue weighted by Gasteiger charge is -2.18. The number of hydrogen-bond acceptors (Lipinski definition) is 6. The van der Waals surface area contributed by atoms with Crippen molar-refractivity contribution in [1.29, 1.82) is 0 Å². The molecule has 0 spiro atoms. The topological polar surface area (TPSA) is 63.2 Å². The van der Waals surface area contributed by atoms with Crippen LogP contribution in [0.5, 0.6) is 0 Å². The van der Waals surface area contributed by atoms with Crippen LogP contribution in [0.1, 0.15) is 25.1 Å². The first-order valence-corrected chi connectivity index (χ1v) is 8.75. The molecule has 5 nitrogen and oxygen atoms in total. The highest BCUT2D eigenvalue weighted by Crippen LogP contribution is 2.31. The average molecular weight is 329 g/mol. The van der Waals surface area contributed by atoms with Gasteiger partial charge in [0.05, 0.1) is 5.25 Å². The van der Waals surface area contributed by atoms with E-state index in [4.69, 9.17) is 0 Å². The lowest BCUT2D eigenvalue weighted by atomic mass is 10.2. The Kier molecular flexibility index (Phi) is 4.24. The highest BCUT2D eigenvalue weighted by molar-refractivity contribution is 7.91. The summed E-state index contributed by atoms with van der Waals surface area (Å²) in [4.78, 5) is 5.17. The van der Waals surface area contributed by atoms with E-state index in [0.717, 1.165) is 0 Å². The van der Waals surface area contributed by atoms with Gasteiger partial charge in [-0.3, -0.25) is 0 Å². The zero-order valence-electron chi connectivity index (χ0n) is 10.7. The van der Waals surface area contributed by atoms with E-state index in [1.54, 1.807) is 4.90 Å². The van der Waals surface area contributed by atoms with Crippen LogP contribution in [0.15, 0.2) is 0 Å². The second-order valence-corrected chi connectivity index (χ2v) is 7.82. The van der Waals surface area contributed by atoms with Gasteiger partial charge in [-0.15, -0.1) is 0 Å². The minimum Gasteiger partial charge on any atom is -0.347 e. The van der Waals surface area contributed by atoms with Crippen molar-refractivity contribution in [3.05, 3.63) is 5.82 Å². The fraction of sp³-hybridized carbons (Fsp3) is 0.800. The number of aromatic nitrogens is 2. The van der Waals surface area contributed by atoms with Crippen molar-refractivity contribution in [2.45, 2.75) is 30.7 Å². The van der Waals surface area contributed by atoms with Crippen LogP contribution in [-0.4, -0.2) is 42.4 Å². The molecule has 0 saturated carbocycles. The van der Waals surface area contributed by atoms with Gasteiger partial charge in [-0.2, -0.15) is 22.5 Å². The van der Waals surface area contributed by atoms with Gasteiger partial charge >= 0.3 is 6.18 Å². The summed E-state index contributed by atoms with van der Waals surface area (Å²) < 4.78 is 63.7. The maximum absolute atomic E-state index is 12.5. The molecule has 114 valence electrons. The predicted molar refractivity (Wildman–Crippen MR) is 69.6 cm³/mol. The number of rotatable bonds is 2. The molecule has 2 rings (SSSR count). The van der Waals surface area contributed by atoms with E-state index in [9.17, 15) is 21.6 Å². The first-order valence-electron chi connectivity index (χ1n) is 6.02. The van der Waals surface area contributed by atoms with Crippen LogP contribution in [0.4, 0.5) is 18.3 Å². The second kappa shape index (κ2) is 5.47. The zero-order valence-corrected chi connectivity index (χ0v) is 12.4. The Hall–Kier alpha value is -0.900. The molecule has 0 aliphatic carbocycles. The first kappa shape index (κ1) is 15.5. The second-order valence-electron chi connectivity index (χ2n) is 4.77. The van der Waals surface area contributed by atoms with Gasteiger partial charge in [-0.25, -0.2) is 8.42 Å². The monoisotopic (exact) mass is 329 g/mol. The van der Waals surface area contributed by atoms with Crippen molar-refractivity contribution in [2.24, 2.45) is 0 Å². The Labute approximate surface area is 118 Å². The van der Waals surface area contributed by atoms with Crippen molar-refractivity contribution in [1.82, 2.24) is 9.36 Å². The molecule has 1 aliphatic heterocycles. The number of anilines is 1. The smallest absolute Gasteiger partial charge is 0.347 e. The molecule has 1 saturated heterocycles. The van der Waals surface area contributed by atoms with Gasteiger partial charge in [-0.1, -0.05) is 0 Å². The molecule has 0 bridgehead atoms. The van der Waals surface area contributed by atoms with Gasteiger partial charge in [0.2, 0.25) is 11.0 Å². The summed E-state index contributed by atoms with van der Waals surface area (Å²) in [6.45, 7) is 0.878. The van der Waals surface area contributed by atoms with Crippen LogP contribution in [0.3, 0.4) is 0 Å².